The molecule has 0 amide bonds. The van der Waals surface area contributed by atoms with E-state index in [9.17, 15) is 0 Å². The average molecular weight is 253 g/mol. The first-order valence-corrected chi connectivity index (χ1v) is 7.19. The molecule has 0 aliphatic rings. The normalized spacial score (nSPS) is 10.6. The Hall–Kier alpha value is -1.76. The van der Waals surface area contributed by atoms with Crippen molar-refractivity contribution in [2.45, 2.75) is 39.5 Å². The summed E-state index contributed by atoms with van der Waals surface area (Å²) in [6.45, 7) is 4.43. The van der Waals surface area contributed by atoms with Crippen molar-refractivity contribution in [3.05, 3.63) is 64.7 Å². The van der Waals surface area contributed by atoms with Crippen LogP contribution >= 0.6 is 0 Å². The topological polar surface area (TPSA) is 26.0 Å². The summed E-state index contributed by atoms with van der Waals surface area (Å²) in [4.78, 5) is 0. The quantitative estimate of drug-likeness (QED) is 0.786. The molecule has 0 unspecified atom stereocenters. The summed E-state index contributed by atoms with van der Waals surface area (Å²) in [5.74, 6) is 0. The first kappa shape index (κ1) is 13.7. The third-order valence-corrected chi connectivity index (χ3v) is 3.67. The number of hydrogen-bond acceptors (Lipinski definition) is 1. The van der Waals surface area contributed by atoms with Crippen molar-refractivity contribution < 1.29 is 0 Å². The Kier molecular flexibility index (Phi) is 4.62. The van der Waals surface area contributed by atoms with Gasteiger partial charge >= 0.3 is 0 Å². The van der Waals surface area contributed by atoms with E-state index >= 15 is 0 Å². The number of rotatable bonds is 5. The number of benzene rings is 2. The molecule has 2 aromatic rings. The predicted molar refractivity (Wildman–Crippen MR) is 83.5 cm³/mol. The van der Waals surface area contributed by atoms with Gasteiger partial charge in [-0.2, -0.15) is 0 Å². The molecule has 0 radical (unpaired) electrons. The van der Waals surface area contributed by atoms with Crippen LogP contribution in [0.5, 0.6) is 0 Å². The molecule has 0 aromatic heterocycles. The van der Waals surface area contributed by atoms with Crippen molar-refractivity contribution in [2.75, 3.05) is 5.73 Å². The van der Waals surface area contributed by atoms with Crippen molar-refractivity contribution >= 4 is 5.69 Å². The van der Waals surface area contributed by atoms with Crippen LogP contribution in [0.15, 0.2) is 42.5 Å². The summed E-state index contributed by atoms with van der Waals surface area (Å²) in [6.07, 6.45) is 4.27. The molecule has 0 spiro atoms. The van der Waals surface area contributed by atoms with Crippen LogP contribution in [0.3, 0.4) is 0 Å². The van der Waals surface area contributed by atoms with Crippen LogP contribution in [0, 0.1) is 0 Å². The van der Waals surface area contributed by atoms with Gasteiger partial charge in [0.25, 0.3) is 0 Å². The maximum atomic E-state index is 6.18. The molecule has 100 valence electrons. The van der Waals surface area contributed by atoms with Crippen molar-refractivity contribution in [3.63, 3.8) is 0 Å². The van der Waals surface area contributed by atoms with Gasteiger partial charge in [0.1, 0.15) is 0 Å². The van der Waals surface area contributed by atoms with Crippen LogP contribution in [-0.2, 0) is 19.3 Å². The smallest absolute Gasteiger partial charge is 0.0349 e. The highest BCUT2D eigenvalue weighted by molar-refractivity contribution is 5.55. The fourth-order valence-electron chi connectivity index (χ4n) is 2.66. The molecule has 1 heteroatoms. The van der Waals surface area contributed by atoms with Gasteiger partial charge in [-0.15, -0.1) is 0 Å². The van der Waals surface area contributed by atoms with E-state index in [1.165, 1.54) is 22.3 Å². The molecule has 0 bridgehead atoms. The Balaban J connectivity index is 2.43. The predicted octanol–water partition coefficient (Wildman–Crippen LogP) is 4.37. The van der Waals surface area contributed by atoms with Gasteiger partial charge in [0.05, 0.1) is 0 Å². The summed E-state index contributed by atoms with van der Waals surface area (Å²) in [7, 11) is 0. The van der Waals surface area contributed by atoms with E-state index in [0.717, 1.165) is 31.4 Å². The third-order valence-electron chi connectivity index (χ3n) is 3.67. The molecule has 2 aromatic carbocycles. The van der Waals surface area contributed by atoms with E-state index in [-0.39, 0.29) is 0 Å². The van der Waals surface area contributed by atoms with Crippen LogP contribution in [0.1, 0.15) is 42.5 Å². The minimum Gasteiger partial charge on any atom is -0.398 e. The van der Waals surface area contributed by atoms with Crippen molar-refractivity contribution in [2.24, 2.45) is 0 Å². The van der Waals surface area contributed by atoms with E-state index in [2.05, 4.69) is 56.3 Å². The largest absolute Gasteiger partial charge is 0.398 e. The van der Waals surface area contributed by atoms with Gasteiger partial charge in [-0.1, -0.05) is 56.7 Å². The molecule has 0 fully saturated rings. The Morgan fingerprint density at radius 2 is 1.63 bits per heavy atom. The monoisotopic (exact) mass is 253 g/mol. The van der Waals surface area contributed by atoms with Gasteiger partial charge in [-0.3, -0.25) is 0 Å². The maximum absolute atomic E-state index is 6.18. The third kappa shape index (κ3) is 3.17. The highest BCUT2D eigenvalue weighted by atomic mass is 14.6. The Labute approximate surface area is 116 Å². The summed E-state index contributed by atoms with van der Waals surface area (Å²) >= 11 is 0. The minimum absolute atomic E-state index is 0.949. The summed E-state index contributed by atoms with van der Waals surface area (Å²) < 4.78 is 0. The molecule has 1 nitrogen and oxygen atoms in total. The fraction of sp³-hybridized carbons (Fsp3) is 0.333. The van der Waals surface area contributed by atoms with Crippen molar-refractivity contribution in [1.82, 2.24) is 0 Å². The molecular formula is C18H23N. The number of anilines is 1. The number of nitrogens with two attached hydrogens (primary N) is 1. The second kappa shape index (κ2) is 6.42. The van der Waals surface area contributed by atoms with E-state index in [1.807, 2.05) is 0 Å². The lowest BCUT2D eigenvalue weighted by Gasteiger charge is -2.16. The van der Waals surface area contributed by atoms with Gasteiger partial charge in [0.2, 0.25) is 0 Å². The van der Waals surface area contributed by atoms with Crippen LogP contribution < -0.4 is 5.73 Å². The first-order valence-electron chi connectivity index (χ1n) is 7.19. The minimum atomic E-state index is 0.949. The van der Waals surface area contributed by atoms with E-state index in [4.69, 9.17) is 5.73 Å². The standard InChI is InChI=1S/C18H23N/c1-3-8-16-17(13-14-9-6-5-7-10-14)15(4-2)11-12-18(16)19/h5-7,9-12H,3-4,8,13,19H2,1-2H3. The molecule has 19 heavy (non-hydrogen) atoms. The highest BCUT2D eigenvalue weighted by Gasteiger charge is 2.11. The second-order valence-electron chi connectivity index (χ2n) is 5.04. The van der Waals surface area contributed by atoms with E-state index in [1.54, 1.807) is 0 Å². The lowest BCUT2D eigenvalue weighted by atomic mass is 9.90. The maximum Gasteiger partial charge on any atom is 0.0349 e. The second-order valence-corrected chi connectivity index (χ2v) is 5.04. The van der Waals surface area contributed by atoms with Crippen LogP contribution in [0.2, 0.25) is 0 Å². The molecule has 2 rings (SSSR count). The van der Waals surface area contributed by atoms with E-state index < -0.39 is 0 Å². The van der Waals surface area contributed by atoms with E-state index in [0.29, 0.717) is 0 Å². The van der Waals surface area contributed by atoms with Gasteiger partial charge in [-0.05, 0) is 47.6 Å². The Morgan fingerprint density at radius 3 is 2.26 bits per heavy atom. The van der Waals surface area contributed by atoms with Crippen LogP contribution in [-0.4, -0.2) is 0 Å². The van der Waals surface area contributed by atoms with Crippen LogP contribution in [0.25, 0.3) is 0 Å². The Bertz CT molecular complexity index is 529. The first-order chi connectivity index (χ1) is 9.26. The zero-order chi connectivity index (χ0) is 13.7. The van der Waals surface area contributed by atoms with Gasteiger partial charge in [0.15, 0.2) is 0 Å². The summed E-state index contributed by atoms with van der Waals surface area (Å²) in [5.41, 5.74) is 12.7. The molecule has 2 N–H and O–H groups in total. The molecule has 0 saturated heterocycles. The molecule has 0 atom stereocenters. The van der Waals surface area contributed by atoms with Crippen molar-refractivity contribution in [3.8, 4) is 0 Å². The molecular weight excluding hydrogens is 230 g/mol. The Morgan fingerprint density at radius 1 is 0.895 bits per heavy atom. The van der Waals surface area contributed by atoms with Gasteiger partial charge in [-0.25, -0.2) is 0 Å². The lowest BCUT2D eigenvalue weighted by molar-refractivity contribution is 0.896. The zero-order valence-corrected chi connectivity index (χ0v) is 11.9. The van der Waals surface area contributed by atoms with Crippen molar-refractivity contribution in [1.29, 1.82) is 0 Å². The molecule has 0 heterocycles. The molecule has 0 aliphatic carbocycles. The molecule has 0 saturated carbocycles. The number of nitrogen functional groups attached to an aromatic ring is 1. The van der Waals surface area contributed by atoms with Gasteiger partial charge < -0.3 is 5.73 Å². The lowest BCUT2D eigenvalue weighted by Crippen LogP contribution is -2.05. The summed E-state index contributed by atoms with van der Waals surface area (Å²) in [5, 5.41) is 0. The van der Waals surface area contributed by atoms with Crippen LogP contribution in [0.4, 0.5) is 5.69 Å². The number of hydrogen-bond donors (Lipinski definition) is 1. The highest BCUT2D eigenvalue weighted by Crippen LogP contribution is 2.26. The fourth-order valence-corrected chi connectivity index (χ4v) is 2.66. The summed E-state index contributed by atoms with van der Waals surface area (Å²) in [6, 6.07) is 14.9. The number of aryl methyl sites for hydroxylation is 1. The average Bonchev–Trinajstić information content (AvgIpc) is 2.44. The zero-order valence-electron chi connectivity index (χ0n) is 11.9. The SMILES string of the molecule is CCCc1c(N)ccc(CC)c1Cc1ccccc1. The molecule has 0 aliphatic heterocycles. The van der Waals surface area contributed by atoms with Gasteiger partial charge in [0, 0.05) is 5.69 Å².